The van der Waals surface area contributed by atoms with Gasteiger partial charge in [-0.2, -0.15) is 5.10 Å². The molecule has 1 fully saturated rings. The van der Waals surface area contributed by atoms with E-state index in [2.05, 4.69) is 15.1 Å². The first-order valence-corrected chi connectivity index (χ1v) is 8.95. The van der Waals surface area contributed by atoms with E-state index in [4.69, 9.17) is 4.74 Å². The number of carbonyl (C=O) groups excluding carboxylic acids is 1. The third-order valence-electron chi connectivity index (χ3n) is 5.67. The number of hydrogen-bond acceptors (Lipinski definition) is 4. The van der Waals surface area contributed by atoms with Crippen LogP contribution in [0.25, 0.3) is 0 Å². The topological polar surface area (TPSA) is 61.5 Å². The molecule has 2 aliphatic heterocycles. The van der Waals surface area contributed by atoms with Crippen molar-refractivity contribution >= 4 is 11.6 Å². The van der Waals surface area contributed by atoms with Crippen LogP contribution >= 0.6 is 0 Å². The van der Waals surface area contributed by atoms with E-state index in [1.54, 1.807) is 25.4 Å². The summed E-state index contributed by atoms with van der Waals surface area (Å²) in [5.74, 6) is -0.223. The molecule has 1 aromatic carbocycles. The minimum absolute atomic E-state index is 0.0222. The van der Waals surface area contributed by atoms with Crippen molar-refractivity contribution < 1.29 is 13.9 Å². The molecule has 0 atom stereocenters. The third-order valence-corrected chi connectivity index (χ3v) is 5.67. The van der Waals surface area contributed by atoms with Crippen molar-refractivity contribution in [3.05, 3.63) is 47.5 Å². The van der Waals surface area contributed by atoms with Crippen molar-refractivity contribution in [2.24, 2.45) is 0 Å². The second-order valence-corrected chi connectivity index (χ2v) is 7.12. The fourth-order valence-corrected chi connectivity index (χ4v) is 4.26. The van der Waals surface area contributed by atoms with Gasteiger partial charge in [0.1, 0.15) is 11.5 Å². The van der Waals surface area contributed by atoms with Gasteiger partial charge in [0.25, 0.3) is 5.91 Å². The van der Waals surface area contributed by atoms with Crippen LogP contribution in [0.15, 0.2) is 30.5 Å². The van der Waals surface area contributed by atoms with Crippen molar-refractivity contribution in [1.82, 2.24) is 15.1 Å². The number of nitrogens with zero attached hydrogens (tertiary/aromatic N) is 3. The predicted octanol–water partition coefficient (Wildman–Crippen LogP) is 2.19. The fraction of sp³-hybridized carbons (Fsp3) is 0.474. The number of nitrogens with one attached hydrogen (secondary N) is 1. The summed E-state index contributed by atoms with van der Waals surface area (Å²) in [5.41, 5.74) is 2.58. The number of aromatic nitrogens is 2. The Morgan fingerprint density at radius 2 is 2.15 bits per heavy atom. The number of methoxy groups -OCH3 is 1. The minimum Gasteiger partial charge on any atom is -0.383 e. The van der Waals surface area contributed by atoms with Crippen LogP contribution in [0.3, 0.4) is 0 Å². The number of likely N-dealkylation sites (tertiary alicyclic amines) is 1. The van der Waals surface area contributed by atoms with Gasteiger partial charge in [-0.05, 0) is 42.7 Å². The van der Waals surface area contributed by atoms with E-state index in [0.717, 1.165) is 37.2 Å². The zero-order chi connectivity index (χ0) is 18.1. The molecule has 1 amide bonds. The van der Waals surface area contributed by atoms with Gasteiger partial charge in [-0.3, -0.25) is 9.89 Å². The van der Waals surface area contributed by atoms with E-state index < -0.39 is 0 Å². The van der Waals surface area contributed by atoms with Crippen LogP contribution in [0, 0.1) is 5.82 Å². The van der Waals surface area contributed by atoms with E-state index in [1.165, 1.54) is 6.07 Å². The van der Waals surface area contributed by atoms with Gasteiger partial charge in [0, 0.05) is 50.6 Å². The number of halogens is 1. The number of H-pyrrole nitrogens is 1. The van der Waals surface area contributed by atoms with Crippen LogP contribution in [0.4, 0.5) is 10.1 Å². The van der Waals surface area contributed by atoms with E-state index in [9.17, 15) is 9.18 Å². The van der Waals surface area contributed by atoms with Crippen molar-refractivity contribution in [3.63, 3.8) is 0 Å². The smallest absolute Gasteiger partial charge is 0.271 e. The molecule has 6 nitrogen and oxygen atoms in total. The Hall–Kier alpha value is -2.41. The maximum Gasteiger partial charge on any atom is 0.271 e. The highest BCUT2D eigenvalue weighted by Gasteiger charge is 2.45. The highest BCUT2D eigenvalue weighted by Crippen LogP contribution is 2.47. The second-order valence-electron chi connectivity index (χ2n) is 7.12. The number of hydrogen-bond donors (Lipinski definition) is 1. The summed E-state index contributed by atoms with van der Waals surface area (Å²) in [6.07, 6.45) is 3.24. The van der Waals surface area contributed by atoms with Gasteiger partial charge < -0.3 is 14.5 Å². The van der Waals surface area contributed by atoms with Crippen molar-refractivity contribution in [2.75, 3.05) is 44.8 Å². The van der Waals surface area contributed by atoms with Gasteiger partial charge in [0.2, 0.25) is 0 Å². The first kappa shape index (κ1) is 17.0. The molecule has 2 aromatic rings. The van der Waals surface area contributed by atoms with Crippen LogP contribution in [-0.4, -0.2) is 60.9 Å². The lowest BCUT2D eigenvalue weighted by Gasteiger charge is -2.40. The summed E-state index contributed by atoms with van der Waals surface area (Å²) in [6, 6.07) is 6.76. The number of rotatable bonds is 4. The Bertz CT molecular complexity index is 785. The molecule has 1 spiro atoms. The maximum absolute atomic E-state index is 14.0. The standard InChI is InChI=1S/C19H23FN4O2/c1-26-11-10-24-13-19(15-12-14(20)2-3-17(15)24)5-8-23(9-6-19)18(25)16-4-7-21-22-16/h2-4,7,12H,5-6,8-11,13H2,1H3,(H,21,22). The molecular weight excluding hydrogens is 335 g/mol. The predicted molar refractivity (Wildman–Crippen MR) is 95.9 cm³/mol. The lowest BCUT2D eigenvalue weighted by molar-refractivity contribution is 0.0667. The number of fused-ring (bicyclic) bond motifs is 2. The molecule has 2 aliphatic rings. The molecule has 1 N–H and O–H groups in total. The van der Waals surface area contributed by atoms with E-state index in [-0.39, 0.29) is 17.1 Å². The Kier molecular flexibility index (Phi) is 4.40. The zero-order valence-corrected chi connectivity index (χ0v) is 14.9. The minimum atomic E-state index is -0.201. The van der Waals surface area contributed by atoms with Crippen molar-refractivity contribution in [1.29, 1.82) is 0 Å². The van der Waals surface area contributed by atoms with Gasteiger partial charge in [0.15, 0.2) is 0 Å². The molecule has 7 heteroatoms. The molecule has 1 saturated heterocycles. The Labute approximate surface area is 151 Å². The summed E-state index contributed by atoms with van der Waals surface area (Å²) >= 11 is 0. The zero-order valence-electron chi connectivity index (χ0n) is 14.9. The molecule has 0 unspecified atom stereocenters. The van der Waals surface area contributed by atoms with Gasteiger partial charge in [-0.15, -0.1) is 0 Å². The molecule has 0 bridgehead atoms. The van der Waals surface area contributed by atoms with Gasteiger partial charge in [-0.25, -0.2) is 4.39 Å². The number of aromatic amines is 1. The first-order chi connectivity index (χ1) is 12.6. The largest absolute Gasteiger partial charge is 0.383 e. The molecule has 26 heavy (non-hydrogen) atoms. The van der Waals surface area contributed by atoms with Crippen LogP contribution in [-0.2, 0) is 10.2 Å². The molecule has 4 rings (SSSR count). The fourth-order valence-electron chi connectivity index (χ4n) is 4.26. The Morgan fingerprint density at radius 1 is 1.35 bits per heavy atom. The van der Waals surface area contributed by atoms with Crippen molar-refractivity contribution in [3.8, 4) is 0 Å². The third kappa shape index (κ3) is 2.86. The summed E-state index contributed by atoms with van der Waals surface area (Å²) in [7, 11) is 1.69. The van der Waals surface area contributed by atoms with Crippen LogP contribution in [0.2, 0.25) is 0 Å². The molecule has 1 aromatic heterocycles. The number of amides is 1. The number of piperidine rings is 1. The Morgan fingerprint density at radius 3 is 2.85 bits per heavy atom. The average Bonchev–Trinajstić information content (AvgIpc) is 3.28. The summed E-state index contributed by atoms with van der Waals surface area (Å²) in [4.78, 5) is 16.7. The normalized spacial score (nSPS) is 18.4. The summed E-state index contributed by atoms with van der Waals surface area (Å²) in [6.45, 7) is 3.59. The number of benzene rings is 1. The quantitative estimate of drug-likeness (QED) is 0.910. The van der Waals surface area contributed by atoms with Crippen LogP contribution in [0.5, 0.6) is 0 Å². The van der Waals surface area contributed by atoms with Crippen molar-refractivity contribution in [2.45, 2.75) is 18.3 Å². The van der Waals surface area contributed by atoms with E-state index in [1.807, 2.05) is 11.0 Å². The lowest BCUT2D eigenvalue weighted by atomic mass is 9.74. The number of carbonyl (C=O) groups is 1. The number of ether oxygens (including phenoxy) is 1. The molecule has 0 radical (unpaired) electrons. The van der Waals surface area contributed by atoms with Gasteiger partial charge in [-0.1, -0.05) is 0 Å². The van der Waals surface area contributed by atoms with Gasteiger partial charge >= 0.3 is 0 Å². The monoisotopic (exact) mass is 358 g/mol. The molecule has 138 valence electrons. The van der Waals surface area contributed by atoms with Crippen LogP contribution < -0.4 is 4.90 Å². The lowest BCUT2D eigenvalue weighted by Crippen LogP contribution is -2.47. The molecule has 3 heterocycles. The average molecular weight is 358 g/mol. The second kappa shape index (κ2) is 6.72. The van der Waals surface area contributed by atoms with Gasteiger partial charge in [0.05, 0.1) is 6.61 Å². The highest BCUT2D eigenvalue weighted by molar-refractivity contribution is 5.92. The van der Waals surface area contributed by atoms with E-state index >= 15 is 0 Å². The molecule has 0 saturated carbocycles. The number of anilines is 1. The SMILES string of the molecule is COCCN1CC2(CCN(C(=O)c3ccn[nH]3)CC2)c2cc(F)ccc21. The molecule has 0 aliphatic carbocycles. The van der Waals surface area contributed by atoms with E-state index in [0.29, 0.717) is 25.4 Å². The first-order valence-electron chi connectivity index (χ1n) is 8.95. The summed E-state index contributed by atoms with van der Waals surface area (Å²) in [5, 5.41) is 6.59. The maximum atomic E-state index is 14.0. The van der Waals surface area contributed by atoms with Crippen LogP contribution in [0.1, 0.15) is 28.9 Å². The highest BCUT2D eigenvalue weighted by atomic mass is 19.1. The summed E-state index contributed by atoms with van der Waals surface area (Å²) < 4.78 is 19.2. The molecular formula is C19H23FN4O2. The Balaban J connectivity index is 1.54.